The second-order valence-corrected chi connectivity index (χ2v) is 4.40. The largest absolute Gasteiger partial charge is 0.393 e. The highest BCUT2D eigenvalue weighted by molar-refractivity contribution is 6.31. The SMILES string of the molecule is CCCOCCC(O)Cc1ccc(F)cc1Cl. The quantitative estimate of drug-likeness (QED) is 0.763. The van der Waals surface area contributed by atoms with Crippen molar-refractivity contribution < 1.29 is 14.2 Å². The minimum absolute atomic E-state index is 0.360. The van der Waals surface area contributed by atoms with Crippen molar-refractivity contribution in [1.82, 2.24) is 0 Å². The minimum atomic E-state index is -0.505. The van der Waals surface area contributed by atoms with Gasteiger partial charge in [0.1, 0.15) is 5.82 Å². The van der Waals surface area contributed by atoms with Crippen LogP contribution in [0.25, 0.3) is 0 Å². The van der Waals surface area contributed by atoms with E-state index in [1.807, 2.05) is 6.92 Å². The van der Waals surface area contributed by atoms with Crippen LogP contribution < -0.4 is 0 Å². The molecule has 0 spiro atoms. The van der Waals surface area contributed by atoms with Gasteiger partial charge in [-0.05, 0) is 37.0 Å². The van der Waals surface area contributed by atoms with Crippen molar-refractivity contribution in [2.45, 2.75) is 32.3 Å². The van der Waals surface area contributed by atoms with E-state index in [2.05, 4.69) is 0 Å². The molecule has 0 saturated heterocycles. The maximum Gasteiger partial charge on any atom is 0.124 e. The molecule has 0 aliphatic heterocycles. The summed E-state index contributed by atoms with van der Waals surface area (Å²) in [5.74, 6) is -0.362. The first kappa shape index (κ1) is 14.4. The number of halogens is 2. The molecule has 1 aromatic rings. The highest BCUT2D eigenvalue weighted by Gasteiger charge is 2.09. The maximum atomic E-state index is 12.8. The van der Waals surface area contributed by atoms with E-state index in [0.29, 0.717) is 31.1 Å². The van der Waals surface area contributed by atoms with Crippen molar-refractivity contribution in [3.8, 4) is 0 Å². The molecule has 0 fully saturated rings. The van der Waals surface area contributed by atoms with Gasteiger partial charge in [0.15, 0.2) is 0 Å². The Hall–Kier alpha value is -0.640. The van der Waals surface area contributed by atoms with E-state index in [1.54, 1.807) is 6.07 Å². The summed E-state index contributed by atoms with van der Waals surface area (Å²) >= 11 is 5.88. The second-order valence-electron chi connectivity index (χ2n) is 3.99. The molecular formula is C13H18ClFO2. The molecule has 0 amide bonds. The van der Waals surface area contributed by atoms with Crippen LogP contribution in [0.15, 0.2) is 18.2 Å². The Morgan fingerprint density at radius 3 is 2.82 bits per heavy atom. The summed E-state index contributed by atoms with van der Waals surface area (Å²) in [5.41, 5.74) is 0.760. The number of aliphatic hydroxyl groups excluding tert-OH is 1. The van der Waals surface area contributed by atoms with Gasteiger partial charge in [-0.3, -0.25) is 0 Å². The van der Waals surface area contributed by atoms with Gasteiger partial charge < -0.3 is 9.84 Å². The van der Waals surface area contributed by atoms with E-state index in [0.717, 1.165) is 12.0 Å². The second kappa shape index (κ2) is 7.64. The number of aliphatic hydroxyl groups is 1. The topological polar surface area (TPSA) is 29.5 Å². The van der Waals surface area contributed by atoms with Crippen LogP contribution in [-0.4, -0.2) is 24.4 Å². The van der Waals surface area contributed by atoms with Crippen LogP contribution in [0.5, 0.6) is 0 Å². The zero-order valence-electron chi connectivity index (χ0n) is 9.96. The standard InChI is InChI=1S/C13H18ClFO2/c1-2-6-17-7-5-12(16)8-10-3-4-11(15)9-13(10)14/h3-4,9,12,16H,2,5-8H2,1H3. The minimum Gasteiger partial charge on any atom is -0.393 e. The maximum absolute atomic E-state index is 12.8. The molecule has 2 nitrogen and oxygen atoms in total. The number of benzene rings is 1. The lowest BCUT2D eigenvalue weighted by atomic mass is 10.1. The lowest BCUT2D eigenvalue weighted by molar-refractivity contribution is 0.0824. The smallest absolute Gasteiger partial charge is 0.124 e. The average molecular weight is 261 g/mol. The molecule has 0 saturated carbocycles. The Labute approximate surface area is 106 Å². The van der Waals surface area contributed by atoms with Gasteiger partial charge in [0.2, 0.25) is 0 Å². The predicted molar refractivity (Wildman–Crippen MR) is 66.8 cm³/mol. The molecule has 0 heterocycles. The fraction of sp³-hybridized carbons (Fsp3) is 0.538. The van der Waals surface area contributed by atoms with Gasteiger partial charge in [-0.2, -0.15) is 0 Å². The first-order chi connectivity index (χ1) is 8.13. The Kier molecular flexibility index (Phi) is 6.48. The molecule has 0 aromatic heterocycles. The van der Waals surface area contributed by atoms with E-state index in [9.17, 15) is 9.50 Å². The van der Waals surface area contributed by atoms with Crippen molar-refractivity contribution in [3.05, 3.63) is 34.6 Å². The van der Waals surface area contributed by atoms with Gasteiger partial charge in [-0.1, -0.05) is 24.6 Å². The zero-order valence-corrected chi connectivity index (χ0v) is 10.7. The molecule has 96 valence electrons. The van der Waals surface area contributed by atoms with Crippen LogP contribution in [-0.2, 0) is 11.2 Å². The van der Waals surface area contributed by atoms with Gasteiger partial charge in [0, 0.05) is 18.2 Å². The summed E-state index contributed by atoms with van der Waals surface area (Å²) in [7, 11) is 0. The lowest BCUT2D eigenvalue weighted by Crippen LogP contribution is -2.14. The van der Waals surface area contributed by atoms with Crippen LogP contribution in [0.2, 0.25) is 5.02 Å². The van der Waals surface area contributed by atoms with Crippen LogP contribution in [0.1, 0.15) is 25.3 Å². The number of hydrogen-bond donors (Lipinski definition) is 1. The van der Waals surface area contributed by atoms with Crippen molar-refractivity contribution >= 4 is 11.6 Å². The molecule has 0 aliphatic rings. The zero-order chi connectivity index (χ0) is 12.7. The van der Waals surface area contributed by atoms with E-state index in [1.165, 1.54) is 12.1 Å². The summed E-state index contributed by atoms with van der Waals surface area (Å²) in [6, 6.07) is 4.21. The van der Waals surface area contributed by atoms with Crippen LogP contribution in [0.3, 0.4) is 0 Å². The Bertz CT molecular complexity index is 344. The molecular weight excluding hydrogens is 243 g/mol. The summed E-state index contributed by atoms with van der Waals surface area (Å²) in [5, 5.41) is 10.1. The monoisotopic (exact) mass is 260 g/mol. The fourth-order valence-corrected chi connectivity index (χ4v) is 1.75. The highest BCUT2D eigenvalue weighted by Crippen LogP contribution is 2.19. The molecule has 1 unspecified atom stereocenters. The van der Waals surface area contributed by atoms with E-state index in [-0.39, 0.29) is 5.82 Å². The van der Waals surface area contributed by atoms with Gasteiger partial charge in [0.25, 0.3) is 0 Å². The van der Waals surface area contributed by atoms with E-state index < -0.39 is 6.10 Å². The van der Waals surface area contributed by atoms with Crippen molar-refractivity contribution in [1.29, 1.82) is 0 Å². The van der Waals surface area contributed by atoms with Crippen LogP contribution in [0, 0.1) is 5.82 Å². The third-order valence-electron chi connectivity index (χ3n) is 2.41. The first-order valence-electron chi connectivity index (χ1n) is 5.83. The van der Waals surface area contributed by atoms with E-state index >= 15 is 0 Å². The van der Waals surface area contributed by atoms with Crippen molar-refractivity contribution in [3.63, 3.8) is 0 Å². The summed E-state index contributed by atoms with van der Waals surface area (Å²) in [6.45, 7) is 3.28. The number of hydrogen-bond acceptors (Lipinski definition) is 2. The molecule has 1 atom stereocenters. The molecule has 1 N–H and O–H groups in total. The summed E-state index contributed by atoms with van der Waals surface area (Å²) in [6.07, 6.45) is 1.46. The Balaban J connectivity index is 2.37. The van der Waals surface area contributed by atoms with Gasteiger partial charge >= 0.3 is 0 Å². The predicted octanol–water partition coefficient (Wildman–Crippen LogP) is 3.20. The summed E-state index contributed by atoms with van der Waals surface area (Å²) < 4.78 is 18.1. The molecule has 0 radical (unpaired) electrons. The Morgan fingerprint density at radius 2 is 2.18 bits per heavy atom. The molecule has 1 rings (SSSR count). The molecule has 0 bridgehead atoms. The average Bonchev–Trinajstić information content (AvgIpc) is 2.28. The van der Waals surface area contributed by atoms with Gasteiger partial charge in [-0.25, -0.2) is 4.39 Å². The highest BCUT2D eigenvalue weighted by atomic mass is 35.5. The molecule has 4 heteroatoms. The van der Waals surface area contributed by atoms with Gasteiger partial charge in [0.05, 0.1) is 6.10 Å². The normalized spacial score (nSPS) is 12.7. The van der Waals surface area contributed by atoms with Crippen molar-refractivity contribution in [2.75, 3.05) is 13.2 Å². The van der Waals surface area contributed by atoms with Gasteiger partial charge in [-0.15, -0.1) is 0 Å². The van der Waals surface area contributed by atoms with Crippen molar-refractivity contribution in [2.24, 2.45) is 0 Å². The molecule has 1 aromatic carbocycles. The van der Waals surface area contributed by atoms with Crippen LogP contribution >= 0.6 is 11.6 Å². The molecule has 0 aliphatic carbocycles. The third-order valence-corrected chi connectivity index (χ3v) is 2.77. The number of rotatable bonds is 7. The van der Waals surface area contributed by atoms with Crippen LogP contribution in [0.4, 0.5) is 4.39 Å². The first-order valence-corrected chi connectivity index (χ1v) is 6.21. The number of ether oxygens (including phenoxy) is 1. The fourth-order valence-electron chi connectivity index (χ4n) is 1.51. The summed E-state index contributed by atoms with van der Waals surface area (Å²) in [4.78, 5) is 0. The lowest BCUT2D eigenvalue weighted by Gasteiger charge is -2.12. The third kappa shape index (κ3) is 5.48. The molecule has 17 heavy (non-hydrogen) atoms. The van der Waals surface area contributed by atoms with E-state index in [4.69, 9.17) is 16.3 Å². The Morgan fingerprint density at radius 1 is 1.41 bits per heavy atom.